The van der Waals surface area contributed by atoms with Gasteiger partial charge < -0.3 is 0 Å². The first-order valence-electron chi connectivity index (χ1n) is 0.970. The van der Waals surface area contributed by atoms with Crippen molar-refractivity contribution in [1.82, 2.24) is 0 Å². The molecule has 0 spiro atoms. The minimum absolute atomic E-state index is 0.528. The molecule has 1 N–H and O–H groups in total. The predicted molar refractivity (Wildman–Crippen MR) is 24.8 cm³/mol. The first kappa shape index (κ1) is 6.39. The van der Waals surface area contributed by atoms with Crippen LogP contribution in [0.15, 0.2) is 0 Å². The van der Waals surface area contributed by atoms with Crippen molar-refractivity contribution in [2.75, 3.05) is 0 Å². The highest BCUT2D eigenvalue weighted by molar-refractivity contribution is 9.12. The lowest BCUT2D eigenvalue weighted by Gasteiger charge is -1.77. The lowest BCUT2D eigenvalue weighted by molar-refractivity contribution is 0.493. The molecule has 1 radical (unpaired) electrons. The van der Waals surface area contributed by atoms with Gasteiger partial charge in [-0.3, -0.25) is 4.55 Å². The van der Waals surface area contributed by atoms with Crippen LogP contribution in [-0.2, 0) is 10.1 Å². The molecule has 0 aromatic rings. The van der Waals surface area contributed by atoms with Gasteiger partial charge >= 0.3 is 0 Å². The van der Waals surface area contributed by atoms with Crippen LogP contribution in [-0.4, -0.2) is 13.0 Å². The SMILES string of the molecule is O=S(=O)(O)[CH]Br. The normalized spacial score (nSPS) is 11.7. The van der Waals surface area contributed by atoms with Crippen molar-refractivity contribution < 1.29 is 13.0 Å². The molecule has 5 heteroatoms. The first-order valence-corrected chi connectivity index (χ1v) is 3.39. The zero-order valence-electron chi connectivity index (χ0n) is 2.63. The molecule has 0 unspecified atom stereocenters. The van der Waals surface area contributed by atoms with E-state index in [4.69, 9.17) is 4.55 Å². The molecule has 0 saturated carbocycles. The van der Waals surface area contributed by atoms with E-state index in [-0.39, 0.29) is 0 Å². The fourth-order valence-electron chi connectivity index (χ4n) is 0. The van der Waals surface area contributed by atoms with Gasteiger partial charge in [0.05, 0.1) is 0 Å². The quantitative estimate of drug-likeness (QED) is 0.585. The van der Waals surface area contributed by atoms with Gasteiger partial charge in [0.25, 0.3) is 10.1 Å². The van der Waals surface area contributed by atoms with Crippen LogP contribution in [0.25, 0.3) is 0 Å². The van der Waals surface area contributed by atoms with Crippen molar-refractivity contribution >= 4 is 26.0 Å². The van der Waals surface area contributed by atoms with Crippen molar-refractivity contribution in [3.63, 3.8) is 0 Å². The van der Waals surface area contributed by atoms with E-state index in [1.807, 2.05) is 0 Å². The summed E-state index contributed by atoms with van der Waals surface area (Å²) in [5.74, 6) is 0. The maximum atomic E-state index is 9.45. The highest BCUT2D eigenvalue weighted by Gasteiger charge is 1.96. The van der Waals surface area contributed by atoms with Crippen LogP contribution in [0.3, 0.4) is 0 Å². The molecular formula is CH2BrO3S. The zero-order valence-corrected chi connectivity index (χ0v) is 5.03. The third-order valence-electron chi connectivity index (χ3n) is 0.113. The summed E-state index contributed by atoms with van der Waals surface area (Å²) in [6, 6.07) is 0. The van der Waals surface area contributed by atoms with E-state index < -0.39 is 10.1 Å². The highest BCUT2D eigenvalue weighted by Crippen LogP contribution is 1.94. The topological polar surface area (TPSA) is 54.4 Å². The summed E-state index contributed by atoms with van der Waals surface area (Å²) in [4.78, 5) is 0. The highest BCUT2D eigenvalue weighted by atomic mass is 79.9. The van der Waals surface area contributed by atoms with Crippen molar-refractivity contribution in [3.8, 4) is 0 Å². The molecular weight excluding hydrogens is 172 g/mol. The van der Waals surface area contributed by atoms with Crippen LogP contribution >= 0.6 is 15.9 Å². The van der Waals surface area contributed by atoms with Crippen molar-refractivity contribution in [2.45, 2.75) is 0 Å². The van der Waals surface area contributed by atoms with Gasteiger partial charge in [-0.05, 0) is 0 Å². The van der Waals surface area contributed by atoms with Gasteiger partial charge in [-0.25, -0.2) is 0 Å². The van der Waals surface area contributed by atoms with E-state index in [0.29, 0.717) is 4.66 Å². The van der Waals surface area contributed by atoms with Gasteiger partial charge in [0.2, 0.25) is 0 Å². The van der Waals surface area contributed by atoms with E-state index in [0.717, 1.165) is 0 Å². The van der Waals surface area contributed by atoms with E-state index in [9.17, 15) is 8.42 Å². The second-order valence-electron chi connectivity index (χ2n) is 0.604. The molecule has 6 heavy (non-hydrogen) atoms. The monoisotopic (exact) mass is 173 g/mol. The van der Waals surface area contributed by atoms with Gasteiger partial charge in [-0.15, -0.1) is 0 Å². The molecule has 0 atom stereocenters. The zero-order chi connectivity index (χ0) is 5.21. The lowest BCUT2D eigenvalue weighted by atomic mass is 11.9. The Bertz CT molecular complexity index is 113. The summed E-state index contributed by atoms with van der Waals surface area (Å²) >= 11 is 2.41. The maximum Gasteiger partial charge on any atom is 0.280 e. The molecule has 0 aliphatic heterocycles. The summed E-state index contributed by atoms with van der Waals surface area (Å²) in [6.45, 7) is 0. The minimum Gasteiger partial charge on any atom is -0.285 e. The maximum absolute atomic E-state index is 9.45. The first-order chi connectivity index (χ1) is 2.56. The van der Waals surface area contributed by atoms with E-state index in [1.54, 1.807) is 0 Å². The second-order valence-corrected chi connectivity index (χ2v) is 2.93. The van der Waals surface area contributed by atoms with Crippen LogP contribution < -0.4 is 0 Å². The fourth-order valence-corrected chi connectivity index (χ4v) is 0. The van der Waals surface area contributed by atoms with E-state index in [1.165, 1.54) is 0 Å². The van der Waals surface area contributed by atoms with Crippen LogP contribution in [0.5, 0.6) is 0 Å². The molecule has 0 amide bonds. The third kappa shape index (κ3) is 4.39. The number of halogens is 1. The van der Waals surface area contributed by atoms with Gasteiger partial charge in [-0.1, -0.05) is 15.9 Å². The molecule has 0 rings (SSSR count). The Balaban J connectivity index is 3.85. The molecule has 37 valence electrons. The van der Waals surface area contributed by atoms with Gasteiger partial charge in [0, 0.05) is 0 Å². The van der Waals surface area contributed by atoms with Crippen LogP contribution in [0.4, 0.5) is 0 Å². The van der Waals surface area contributed by atoms with Crippen molar-refractivity contribution in [3.05, 3.63) is 4.66 Å². The number of hydrogen-bond acceptors (Lipinski definition) is 2. The smallest absolute Gasteiger partial charge is 0.280 e. The molecule has 0 saturated heterocycles. The Morgan fingerprint density at radius 2 is 1.83 bits per heavy atom. The minimum atomic E-state index is -3.87. The van der Waals surface area contributed by atoms with E-state index in [2.05, 4.69) is 15.9 Å². The standard InChI is InChI=1S/CH2BrO3S/c2-1-6(3,4)5/h1H,(H,3,4,5). The molecule has 0 bridgehead atoms. The number of rotatable bonds is 1. The summed E-state index contributed by atoms with van der Waals surface area (Å²) in [5, 5.41) is 0. The molecule has 0 aliphatic carbocycles. The molecule has 3 nitrogen and oxygen atoms in total. The van der Waals surface area contributed by atoms with E-state index >= 15 is 0 Å². The van der Waals surface area contributed by atoms with Crippen molar-refractivity contribution in [1.29, 1.82) is 0 Å². The fraction of sp³-hybridized carbons (Fsp3) is 0. The summed E-state index contributed by atoms with van der Waals surface area (Å²) in [7, 11) is -3.87. The average Bonchev–Trinajstić information content (AvgIpc) is 1.35. The average molecular weight is 174 g/mol. The van der Waals surface area contributed by atoms with Crippen molar-refractivity contribution in [2.24, 2.45) is 0 Å². The number of hydrogen-bond donors (Lipinski definition) is 1. The predicted octanol–water partition coefficient (Wildman–Crippen LogP) is 0.388. The molecule has 0 heterocycles. The second kappa shape index (κ2) is 1.90. The Kier molecular flexibility index (Phi) is 2.03. The summed E-state index contributed by atoms with van der Waals surface area (Å²) < 4.78 is 27.1. The van der Waals surface area contributed by atoms with Crippen LogP contribution in [0, 0.1) is 4.66 Å². The Morgan fingerprint density at radius 1 is 1.67 bits per heavy atom. The summed E-state index contributed by atoms with van der Waals surface area (Å²) in [6.07, 6.45) is 0. The summed E-state index contributed by atoms with van der Waals surface area (Å²) in [5.41, 5.74) is 0. The lowest BCUT2D eigenvalue weighted by Crippen LogP contribution is -1.89. The third-order valence-corrected chi connectivity index (χ3v) is 1.75. The Morgan fingerprint density at radius 3 is 1.83 bits per heavy atom. The molecule has 0 aromatic carbocycles. The van der Waals surface area contributed by atoms with Crippen LogP contribution in [0.1, 0.15) is 0 Å². The van der Waals surface area contributed by atoms with Gasteiger partial charge in [0.15, 0.2) is 4.66 Å². The molecule has 0 aliphatic rings. The molecule has 0 aromatic heterocycles. The molecule has 0 fully saturated rings. The Labute approximate surface area is 44.2 Å². The van der Waals surface area contributed by atoms with Crippen LogP contribution in [0.2, 0.25) is 0 Å². The van der Waals surface area contributed by atoms with Gasteiger partial charge in [0.1, 0.15) is 0 Å². The largest absolute Gasteiger partial charge is 0.285 e. The van der Waals surface area contributed by atoms with Gasteiger partial charge in [-0.2, -0.15) is 8.42 Å². The Hall–Kier alpha value is 0.390.